The molecule has 1 saturated heterocycles. The van der Waals surface area contributed by atoms with Gasteiger partial charge in [-0.15, -0.1) is 0 Å². The van der Waals surface area contributed by atoms with Crippen LogP contribution in [-0.4, -0.2) is 24.0 Å². The molecule has 0 saturated carbocycles. The van der Waals surface area contributed by atoms with Gasteiger partial charge in [0, 0.05) is 18.3 Å². The standard InChI is InChI=1S/C11H15NO2/c1-9-3-4-10(12-8-9)7-11(2)13-5-6-14-11/h3-4,8H,5-7H2,1-2H3. The highest BCUT2D eigenvalue weighted by Crippen LogP contribution is 2.22. The maximum Gasteiger partial charge on any atom is 0.171 e. The van der Waals surface area contributed by atoms with Crippen molar-refractivity contribution >= 4 is 0 Å². The first kappa shape index (κ1) is 9.62. The Kier molecular flexibility index (Phi) is 2.52. The molecule has 0 amide bonds. The van der Waals surface area contributed by atoms with Crippen LogP contribution in [0.4, 0.5) is 0 Å². The fourth-order valence-electron chi connectivity index (χ4n) is 1.59. The highest BCUT2D eigenvalue weighted by Gasteiger charge is 2.31. The number of nitrogens with zero attached hydrogens (tertiary/aromatic N) is 1. The van der Waals surface area contributed by atoms with Crippen LogP contribution in [-0.2, 0) is 15.9 Å². The molecule has 2 heterocycles. The summed E-state index contributed by atoms with van der Waals surface area (Å²) in [6.07, 6.45) is 2.58. The lowest BCUT2D eigenvalue weighted by atomic mass is 10.1. The van der Waals surface area contributed by atoms with Crippen molar-refractivity contribution in [1.29, 1.82) is 0 Å². The molecule has 0 bridgehead atoms. The number of ether oxygens (including phenoxy) is 2. The van der Waals surface area contributed by atoms with Gasteiger partial charge in [0.15, 0.2) is 5.79 Å². The Balaban J connectivity index is 2.06. The molecular formula is C11H15NO2. The molecule has 0 unspecified atom stereocenters. The third-order valence-corrected chi connectivity index (χ3v) is 2.37. The molecule has 0 spiro atoms. The van der Waals surface area contributed by atoms with Crippen molar-refractivity contribution in [2.75, 3.05) is 13.2 Å². The SMILES string of the molecule is Cc1ccc(CC2(C)OCCO2)nc1. The van der Waals surface area contributed by atoms with Crippen LogP contribution in [0.25, 0.3) is 0 Å². The summed E-state index contributed by atoms with van der Waals surface area (Å²) in [4.78, 5) is 4.33. The van der Waals surface area contributed by atoms with E-state index in [9.17, 15) is 0 Å². The number of rotatable bonds is 2. The van der Waals surface area contributed by atoms with Crippen LogP contribution in [0.1, 0.15) is 18.2 Å². The molecule has 3 nitrogen and oxygen atoms in total. The third-order valence-electron chi connectivity index (χ3n) is 2.37. The lowest BCUT2D eigenvalue weighted by Gasteiger charge is -2.21. The Morgan fingerprint density at radius 2 is 2.07 bits per heavy atom. The number of hydrogen-bond acceptors (Lipinski definition) is 3. The first-order chi connectivity index (χ1) is 6.68. The zero-order valence-corrected chi connectivity index (χ0v) is 8.62. The van der Waals surface area contributed by atoms with E-state index in [1.165, 1.54) is 5.56 Å². The molecule has 1 aromatic rings. The monoisotopic (exact) mass is 193 g/mol. The lowest BCUT2D eigenvalue weighted by molar-refractivity contribution is -0.140. The number of pyridine rings is 1. The number of aromatic nitrogens is 1. The van der Waals surface area contributed by atoms with E-state index in [-0.39, 0.29) is 0 Å². The van der Waals surface area contributed by atoms with Gasteiger partial charge in [0.05, 0.1) is 13.2 Å². The van der Waals surface area contributed by atoms with Crippen LogP contribution in [0.2, 0.25) is 0 Å². The fourth-order valence-corrected chi connectivity index (χ4v) is 1.59. The summed E-state index contributed by atoms with van der Waals surface area (Å²) in [6, 6.07) is 4.08. The van der Waals surface area contributed by atoms with Gasteiger partial charge in [-0.2, -0.15) is 0 Å². The van der Waals surface area contributed by atoms with Gasteiger partial charge in [-0.3, -0.25) is 4.98 Å². The first-order valence-electron chi connectivity index (χ1n) is 4.87. The van der Waals surface area contributed by atoms with Crippen LogP contribution >= 0.6 is 0 Å². The van der Waals surface area contributed by atoms with Crippen molar-refractivity contribution in [2.24, 2.45) is 0 Å². The summed E-state index contributed by atoms with van der Waals surface area (Å²) >= 11 is 0. The lowest BCUT2D eigenvalue weighted by Crippen LogP contribution is -2.28. The normalized spacial score (nSPS) is 19.9. The predicted octanol–water partition coefficient (Wildman–Crippen LogP) is 1.70. The Labute approximate surface area is 84.1 Å². The van der Waals surface area contributed by atoms with E-state index in [2.05, 4.69) is 11.1 Å². The van der Waals surface area contributed by atoms with E-state index < -0.39 is 5.79 Å². The summed E-state index contributed by atoms with van der Waals surface area (Å²) in [5.41, 5.74) is 2.19. The minimum atomic E-state index is -0.470. The van der Waals surface area contributed by atoms with Crippen LogP contribution in [0.15, 0.2) is 18.3 Å². The third kappa shape index (κ3) is 2.11. The van der Waals surface area contributed by atoms with Gasteiger partial charge in [-0.25, -0.2) is 0 Å². The summed E-state index contributed by atoms with van der Waals surface area (Å²) in [6.45, 7) is 5.35. The van der Waals surface area contributed by atoms with Crippen LogP contribution in [0.5, 0.6) is 0 Å². The van der Waals surface area contributed by atoms with Crippen LogP contribution < -0.4 is 0 Å². The van der Waals surface area contributed by atoms with E-state index in [0.29, 0.717) is 19.6 Å². The Hall–Kier alpha value is -0.930. The summed E-state index contributed by atoms with van der Waals surface area (Å²) in [7, 11) is 0. The second-order valence-electron chi connectivity index (χ2n) is 3.83. The van der Waals surface area contributed by atoms with Crippen molar-refractivity contribution in [3.05, 3.63) is 29.6 Å². The topological polar surface area (TPSA) is 31.4 Å². The first-order valence-corrected chi connectivity index (χ1v) is 4.87. The van der Waals surface area contributed by atoms with Gasteiger partial charge in [0.2, 0.25) is 0 Å². The van der Waals surface area contributed by atoms with Gasteiger partial charge in [0.1, 0.15) is 0 Å². The quantitative estimate of drug-likeness (QED) is 0.716. The Morgan fingerprint density at radius 1 is 1.36 bits per heavy atom. The molecule has 0 atom stereocenters. The average Bonchev–Trinajstić information content (AvgIpc) is 2.57. The van der Waals surface area contributed by atoms with Crippen molar-refractivity contribution in [1.82, 2.24) is 4.98 Å². The van der Waals surface area contributed by atoms with E-state index in [1.807, 2.05) is 26.1 Å². The van der Waals surface area contributed by atoms with Gasteiger partial charge in [-0.05, 0) is 25.5 Å². The summed E-state index contributed by atoms with van der Waals surface area (Å²) in [5, 5.41) is 0. The van der Waals surface area contributed by atoms with Crippen molar-refractivity contribution < 1.29 is 9.47 Å². The van der Waals surface area contributed by atoms with Crippen LogP contribution in [0.3, 0.4) is 0 Å². The molecule has 1 aromatic heterocycles. The molecule has 1 aliphatic rings. The molecule has 0 aliphatic carbocycles. The molecule has 0 radical (unpaired) electrons. The molecular weight excluding hydrogens is 178 g/mol. The van der Waals surface area contributed by atoms with Crippen molar-refractivity contribution in [3.8, 4) is 0 Å². The highest BCUT2D eigenvalue weighted by atomic mass is 16.7. The number of hydrogen-bond donors (Lipinski definition) is 0. The summed E-state index contributed by atoms with van der Waals surface area (Å²) < 4.78 is 11.0. The van der Waals surface area contributed by atoms with Crippen LogP contribution in [0, 0.1) is 6.92 Å². The minimum absolute atomic E-state index is 0.470. The zero-order chi connectivity index (χ0) is 10.0. The molecule has 14 heavy (non-hydrogen) atoms. The van der Waals surface area contributed by atoms with Crippen molar-refractivity contribution in [2.45, 2.75) is 26.1 Å². The van der Waals surface area contributed by atoms with Gasteiger partial charge >= 0.3 is 0 Å². The number of aryl methyl sites for hydroxylation is 1. The second-order valence-corrected chi connectivity index (χ2v) is 3.83. The molecule has 76 valence electrons. The Morgan fingerprint density at radius 3 is 2.64 bits per heavy atom. The van der Waals surface area contributed by atoms with Gasteiger partial charge in [0.25, 0.3) is 0 Å². The average molecular weight is 193 g/mol. The van der Waals surface area contributed by atoms with E-state index >= 15 is 0 Å². The fraction of sp³-hybridized carbons (Fsp3) is 0.545. The Bertz CT molecular complexity index is 302. The highest BCUT2D eigenvalue weighted by molar-refractivity contribution is 5.13. The molecule has 0 aromatic carbocycles. The maximum absolute atomic E-state index is 5.51. The maximum atomic E-state index is 5.51. The predicted molar refractivity (Wildman–Crippen MR) is 53.0 cm³/mol. The molecule has 2 rings (SSSR count). The largest absolute Gasteiger partial charge is 0.347 e. The second kappa shape index (κ2) is 3.67. The van der Waals surface area contributed by atoms with E-state index in [0.717, 1.165) is 5.69 Å². The molecule has 0 N–H and O–H groups in total. The van der Waals surface area contributed by atoms with E-state index in [1.54, 1.807) is 0 Å². The van der Waals surface area contributed by atoms with Gasteiger partial charge < -0.3 is 9.47 Å². The summed E-state index contributed by atoms with van der Waals surface area (Å²) in [5.74, 6) is -0.470. The smallest absolute Gasteiger partial charge is 0.171 e. The molecule has 1 fully saturated rings. The van der Waals surface area contributed by atoms with Gasteiger partial charge in [-0.1, -0.05) is 6.07 Å². The minimum Gasteiger partial charge on any atom is -0.347 e. The zero-order valence-electron chi connectivity index (χ0n) is 8.62. The van der Waals surface area contributed by atoms with E-state index in [4.69, 9.17) is 9.47 Å². The molecule has 3 heteroatoms. The van der Waals surface area contributed by atoms with Crippen molar-refractivity contribution in [3.63, 3.8) is 0 Å². The molecule has 1 aliphatic heterocycles.